The van der Waals surface area contributed by atoms with Crippen LogP contribution in [0, 0.1) is 17.8 Å². The Morgan fingerprint density at radius 3 is 2.61 bits per heavy atom. The predicted octanol–water partition coefficient (Wildman–Crippen LogP) is 1.93. The highest BCUT2D eigenvalue weighted by atomic mass is 16.5. The zero-order chi connectivity index (χ0) is 24.0. The van der Waals surface area contributed by atoms with Crippen molar-refractivity contribution in [3.05, 3.63) is 30.3 Å². The van der Waals surface area contributed by atoms with Gasteiger partial charge in [-0.1, -0.05) is 38.5 Å². The van der Waals surface area contributed by atoms with Crippen LogP contribution in [0.4, 0.5) is 5.69 Å². The van der Waals surface area contributed by atoms with E-state index in [2.05, 4.69) is 17.6 Å². The number of nitrogens with one attached hydrogen (secondary N) is 2. The first-order valence-electron chi connectivity index (χ1n) is 12.0. The highest BCUT2D eigenvalue weighted by Gasteiger charge is 2.79. The summed E-state index contributed by atoms with van der Waals surface area (Å²) in [5, 5.41) is 15.7. The maximum Gasteiger partial charge on any atom is 0.246 e. The lowest BCUT2D eigenvalue weighted by Crippen LogP contribution is -2.57. The number of likely N-dealkylation sites (tertiary alicyclic amines) is 1. The Morgan fingerprint density at radius 2 is 1.97 bits per heavy atom. The summed E-state index contributed by atoms with van der Waals surface area (Å²) in [6, 6.07) is 8.21. The van der Waals surface area contributed by atoms with Crippen molar-refractivity contribution in [2.24, 2.45) is 17.8 Å². The second-order valence-corrected chi connectivity index (χ2v) is 10.0. The average Bonchev–Trinajstić information content (AvgIpc) is 3.26. The summed E-state index contributed by atoms with van der Waals surface area (Å²) >= 11 is 0. The van der Waals surface area contributed by atoms with E-state index in [0.29, 0.717) is 12.1 Å². The molecule has 0 saturated carbocycles. The molecule has 7 atom stereocenters. The van der Waals surface area contributed by atoms with Gasteiger partial charge in [-0.25, -0.2) is 0 Å². The number of benzene rings is 1. The molecule has 3 aliphatic rings. The van der Waals surface area contributed by atoms with E-state index in [1.807, 2.05) is 39.0 Å². The molecule has 3 N–H and O–H groups in total. The molecule has 4 unspecified atom stereocenters. The summed E-state index contributed by atoms with van der Waals surface area (Å²) < 4.78 is 6.61. The number of amides is 3. The number of fused-ring (bicyclic) bond motifs is 1. The van der Waals surface area contributed by atoms with Crippen LogP contribution >= 0.6 is 0 Å². The van der Waals surface area contributed by atoms with Crippen molar-refractivity contribution >= 4 is 23.4 Å². The smallest absolute Gasteiger partial charge is 0.246 e. The Kier molecular flexibility index (Phi) is 6.26. The van der Waals surface area contributed by atoms with Gasteiger partial charge in [0, 0.05) is 18.3 Å². The molecule has 8 nitrogen and oxygen atoms in total. The number of hydrogen-bond acceptors (Lipinski definition) is 5. The lowest BCUT2D eigenvalue weighted by Gasteiger charge is -2.36. The maximum atomic E-state index is 13.7. The molecule has 1 spiro atoms. The van der Waals surface area contributed by atoms with E-state index in [4.69, 9.17) is 4.74 Å². The van der Waals surface area contributed by atoms with Crippen molar-refractivity contribution in [2.45, 2.75) is 70.2 Å². The fraction of sp³-hybridized carbons (Fsp3) is 0.640. The number of nitrogens with zero attached hydrogens (tertiary/aromatic N) is 1. The van der Waals surface area contributed by atoms with E-state index in [0.717, 1.165) is 12.8 Å². The molecular weight excluding hydrogens is 422 g/mol. The highest BCUT2D eigenvalue weighted by Crippen LogP contribution is 2.65. The molecule has 2 bridgehead atoms. The molecule has 3 fully saturated rings. The third kappa shape index (κ3) is 3.64. The second-order valence-electron chi connectivity index (χ2n) is 10.0. The number of aliphatic hydroxyl groups is 1. The average molecular weight is 458 g/mol. The fourth-order valence-corrected chi connectivity index (χ4v) is 6.36. The number of hydrogen-bond donors (Lipinski definition) is 3. The molecular formula is C25H35N3O5. The number of rotatable bonds is 8. The largest absolute Gasteiger partial charge is 0.395 e. The Morgan fingerprint density at radius 1 is 1.27 bits per heavy atom. The molecule has 1 aromatic carbocycles. The van der Waals surface area contributed by atoms with Gasteiger partial charge in [0.2, 0.25) is 17.7 Å². The zero-order valence-electron chi connectivity index (χ0n) is 19.8. The quantitative estimate of drug-likeness (QED) is 0.553. The van der Waals surface area contributed by atoms with E-state index < -0.39 is 29.1 Å². The summed E-state index contributed by atoms with van der Waals surface area (Å²) in [6.07, 6.45) is 2.25. The molecule has 180 valence electrons. The van der Waals surface area contributed by atoms with Gasteiger partial charge in [0.25, 0.3) is 0 Å². The third-order valence-electron chi connectivity index (χ3n) is 7.84. The van der Waals surface area contributed by atoms with Gasteiger partial charge in [0.1, 0.15) is 11.6 Å². The van der Waals surface area contributed by atoms with Gasteiger partial charge in [-0.2, -0.15) is 0 Å². The van der Waals surface area contributed by atoms with Gasteiger partial charge in [-0.3, -0.25) is 14.4 Å². The van der Waals surface area contributed by atoms with E-state index in [1.165, 1.54) is 4.90 Å². The lowest BCUT2D eigenvalue weighted by molar-refractivity contribution is -0.147. The number of carbonyl (C=O) groups excluding carboxylic acids is 3. The van der Waals surface area contributed by atoms with Crippen molar-refractivity contribution in [3.63, 3.8) is 0 Å². The Hall–Kier alpha value is -2.45. The van der Waals surface area contributed by atoms with E-state index in [1.54, 1.807) is 12.1 Å². The van der Waals surface area contributed by atoms with Crippen molar-refractivity contribution < 1.29 is 24.2 Å². The first-order valence-corrected chi connectivity index (χ1v) is 12.0. The first-order chi connectivity index (χ1) is 15.7. The zero-order valence-corrected chi connectivity index (χ0v) is 19.8. The van der Waals surface area contributed by atoms with Crippen LogP contribution in [0.3, 0.4) is 0 Å². The predicted molar refractivity (Wildman–Crippen MR) is 123 cm³/mol. The van der Waals surface area contributed by atoms with Gasteiger partial charge in [-0.05, 0) is 44.7 Å². The van der Waals surface area contributed by atoms with E-state index in [9.17, 15) is 19.5 Å². The normalized spacial score (nSPS) is 35.4. The lowest BCUT2D eigenvalue weighted by atomic mass is 9.62. The molecule has 8 heteroatoms. The van der Waals surface area contributed by atoms with Crippen molar-refractivity contribution in [2.75, 3.05) is 18.5 Å². The van der Waals surface area contributed by atoms with Crippen LogP contribution < -0.4 is 10.6 Å². The monoisotopic (exact) mass is 457 g/mol. The molecule has 3 amide bonds. The van der Waals surface area contributed by atoms with Crippen LogP contribution in [0.2, 0.25) is 0 Å². The minimum atomic E-state index is -1.09. The first kappa shape index (κ1) is 23.7. The van der Waals surface area contributed by atoms with Crippen LogP contribution in [-0.4, -0.2) is 64.2 Å². The molecule has 0 radical (unpaired) electrons. The minimum absolute atomic E-state index is 0.0227. The molecule has 4 rings (SSSR count). The number of carbonyl (C=O) groups is 3. The summed E-state index contributed by atoms with van der Waals surface area (Å²) in [4.78, 5) is 42.1. The van der Waals surface area contributed by atoms with Crippen LogP contribution in [0.15, 0.2) is 30.3 Å². The molecule has 3 saturated heterocycles. The molecule has 0 aliphatic carbocycles. The SMILES string of the molecule is CCCC(C)NC(=O)C1N(CCO)C(=O)[C@@H]2[C@H](C(=O)Nc3ccccc3)[C@@]3(C)OC12CC3C. The number of ether oxygens (including phenoxy) is 1. The topological polar surface area (TPSA) is 108 Å². The minimum Gasteiger partial charge on any atom is -0.395 e. The Labute approximate surface area is 195 Å². The third-order valence-corrected chi connectivity index (χ3v) is 7.84. The van der Waals surface area contributed by atoms with Crippen LogP contribution in [-0.2, 0) is 19.1 Å². The molecule has 3 aliphatic heterocycles. The van der Waals surface area contributed by atoms with Gasteiger partial charge in [0.15, 0.2) is 0 Å². The summed E-state index contributed by atoms with van der Waals surface area (Å²) in [5.41, 5.74) is -1.30. The van der Waals surface area contributed by atoms with Gasteiger partial charge in [0.05, 0.1) is 24.0 Å². The molecule has 33 heavy (non-hydrogen) atoms. The van der Waals surface area contributed by atoms with Gasteiger partial charge >= 0.3 is 0 Å². The molecule has 1 aromatic rings. The number of para-hydroxylation sites is 1. The standard InChI is InChI=1S/C25H35N3O5/c1-5-9-16(3)26-22(31)20-25-14-15(2)24(4,33-25)18(19(25)23(32)28(20)12-13-29)21(30)27-17-10-7-6-8-11-17/h6-8,10-11,15-16,18-20,29H,5,9,12-14H2,1-4H3,(H,26,31)(H,27,30)/t15?,16?,18-,19+,20?,24+,25?/m1/s1. The molecule has 3 heterocycles. The summed E-state index contributed by atoms with van der Waals surface area (Å²) in [6.45, 7) is 7.65. The number of anilines is 1. The summed E-state index contributed by atoms with van der Waals surface area (Å²) in [5.74, 6) is -2.38. The number of aliphatic hydroxyl groups excluding tert-OH is 1. The van der Waals surface area contributed by atoms with Crippen LogP contribution in [0.1, 0.15) is 47.0 Å². The van der Waals surface area contributed by atoms with Crippen LogP contribution in [0.5, 0.6) is 0 Å². The summed E-state index contributed by atoms with van der Waals surface area (Å²) in [7, 11) is 0. The van der Waals surface area contributed by atoms with E-state index in [-0.39, 0.29) is 42.8 Å². The van der Waals surface area contributed by atoms with Crippen molar-refractivity contribution in [1.82, 2.24) is 10.2 Å². The van der Waals surface area contributed by atoms with Gasteiger partial charge < -0.3 is 25.4 Å². The fourth-order valence-electron chi connectivity index (χ4n) is 6.36. The van der Waals surface area contributed by atoms with Gasteiger partial charge in [-0.15, -0.1) is 0 Å². The number of β-amino-alcohol motifs (C(OH)–C–C–N with tert-alkyl or cyclic N) is 1. The Balaban J connectivity index is 1.71. The van der Waals surface area contributed by atoms with Crippen LogP contribution in [0.25, 0.3) is 0 Å². The molecule has 0 aromatic heterocycles. The van der Waals surface area contributed by atoms with E-state index >= 15 is 0 Å². The van der Waals surface area contributed by atoms with Crippen molar-refractivity contribution in [3.8, 4) is 0 Å². The maximum absolute atomic E-state index is 13.7. The second kappa shape index (κ2) is 8.72. The highest BCUT2D eigenvalue weighted by molar-refractivity contribution is 6.02. The Bertz CT molecular complexity index is 924. The van der Waals surface area contributed by atoms with Crippen molar-refractivity contribution in [1.29, 1.82) is 0 Å².